The largest absolute Gasteiger partial charge is 0.495 e. The summed E-state index contributed by atoms with van der Waals surface area (Å²) in [6.45, 7) is 0. The maximum atomic E-state index is 10.9. The number of methoxy groups -OCH3 is 1. The molecular formula is C10H9NO3S. The predicted molar refractivity (Wildman–Crippen MR) is 59.7 cm³/mol. The molecule has 0 saturated heterocycles. The smallest absolute Gasteiger partial charge is 0.348 e. The number of hydrogen-bond acceptors (Lipinski definition) is 4. The van der Waals surface area contributed by atoms with Crippen molar-refractivity contribution in [3.05, 3.63) is 23.1 Å². The van der Waals surface area contributed by atoms with Crippen molar-refractivity contribution >= 4 is 33.1 Å². The first-order valence-corrected chi connectivity index (χ1v) is 5.05. The lowest BCUT2D eigenvalue weighted by Crippen LogP contribution is -1.96. The maximum absolute atomic E-state index is 10.9. The minimum absolute atomic E-state index is 0.162. The molecule has 78 valence electrons. The van der Waals surface area contributed by atoms with E-state index in [-0.39, 0.29) is 4.88 Å². The Morgan fingerprint density at radius 3 is 2.87 bits per heavy atom. The van der Waals surface area contributed by atoms with Crippen molar-refractivity contribution in [2.45, 2.75) is 0 Å². The zero-order chi connectivity index (χ0) is 11.0. The summed E-state index contributed by atoms with van der Waals surface area (Å²) in [6, 6.07) is 5.36. The molecule has 2 aromatic rings. The first-order valence-electron chi connectivity index (χ1n) is 4.23. The molecule has 0 radical (unpaired) electrons. The first-order chi connectivity index (χ1) is 7.15. The molecule has 0 bridgehead atoms. The molecule has 4 nitrogen and oxygen atoms in total. The van der Waals surface area contributed by atoms with Gasteiger partial charge in [-0.15, -0.1) is 11.3 Å². The average Bonchev–Trinajstić information content (AvgIpc) is 2.56. The fraction of sp³-hybridized carbons (Fsp3) is 0.100. The fourth-order valence-electron chi connectivity index (χ4n) is 1.43. The summed E-state index contributed by atoms with van der Waals surface area (Å²) >= 11 is 1.13. The second-order valence-corrected chi connectivity index (χ2v) is 4.01. The number of hydrogen-bond donors (Lipinski definition) is 2. The third kappa shape index (κ3) is 1.41. The SMILES string of the molecule is COc1cccc2c(N)c(C(=O)O)sc12. The Morgan fingerprint density at radius 2 is 2.27 bits per heavy atom. The van der Waals surface area contributed by atoms with Crippen LogP contribution in [0.25, 0.3) is 10.1 Å². The molecule has 0 aliphatic carbocycles. The zero-order valence-electron chi connectivity index (χ0n) is 7.98. The van der Waals surface area contributed by atoms with Crippen molar-refractivity contribution in [1.29, 1.82) is 0 Å². The summed E-state index contributed by atoms with van der Waals surface area (Å²) in [5.41, 5.74) is 6.04. The summed E-state index contributed by atoms with van der Waals surface area (Å²) in [5.74, 6) is -0.354. The minimum atomic E-state index is -1.00. The van der Waals surface area contributed by atoms with E-state index in [2.05, 4.69) is 0 Å². The molecule has 2 rings (SSSR count). The van der Waals surface area contributed by atoms with Crippen LogP contribution in [0.4, 0.5) is 5.69 Å². The first kappa shape index (κ1) is 9.79. The van der Waals surface area contributed by atoms with E-state index in [1.807, 2.05) is 0 Å². The third-order valence-electron chi connectivity index (χ3n) is 2.13. The highest BCUT2D eigenvalue weighted by molar-refractivity contribution is 7.21. The van der Waals surface area contributed by atoms with Crippen LogP contribution in [0.2, 0.25) is 0 Å². The number of thiophene rings is 1. The van der Waals surface area contributed by atoms with Crippen LogP contribution in [0, 0.1) is 0 Å². The highest BCUT2D eigenvalue weighted by atomic mass is 32.1. The Balaban J connectivity index is 2.81. The number of carbonyl (C=O) groups is 1. The van der Waals surface area contributed by atoms with Crippen LogP contribution >= 0.6 is 11.3 Å². The van der Waals surface area contributed by atoms with E-state index in [1.165, 1.54) is 0 Å². The van der Waals surface area contributed by atoms with Gasteiger partial charge in [0.25, 0.3) is 0 Å². The highest BCUT2D eigenvalue weighted by Crippen LogP contribution is 2.38. The molecular weight excluding hydrogens is 214 g/mol. The van der Waals surface area contributed by atoms with E-state index in [9.17, 15) is 4.79 Å². The van der Waals surface area contributed by atoms with Crippen LogP contribution in [0.15, 0.2) is 18.2 Å². The molecule has 3 N–H and O–H groups in total. The van der Waals surface area contributed by atoms with Crippen LogP contribution < -0.4 is 10.5 Å². The van der Waals surface area contributed by atoms with Gasteiger partial charge in [-0.3, -0.25) is 0 Å². The van der Waals surface area contributed by atoms with Gasteiger partial charge in [0.1, 0.15) is 10.6 Å². The molecule has 1 heterocycles. The number of nitrogen functional groups attached to an aromatic ring is 1. The molecule has 0 unspecified atom stereocenters. The topological polar surface area (TPSA) is 72.5 Å². The summed E-state index contributed by atoms with van der Waals surface area (Å²) in [6.07, 6.45) is 0. The number of rotatable bonds is 2. The van der Waals surface area contributed by atoms with Crippen molar-refractivity contribution in [2.75, 3.05) is 12.8 Å². The number of ether oxygens (including phenoxy) is 1. The molecule has 15 heavy (non-hydrogen) atoms. The van der Waals surface area contributed by atoms with Crippen molar-refractivity contribution in [2.24, 2.45) is 0 Å². The molecule has 0 atom stereocenters. The van der Waals surface area contributed by atoms with Crippen molar-refractivity contribution in [1.82, 2.24) is 0 Å². The van der Waals surface area contributed by atoms with Gasteiger partial charge in [0.05, 0.1) is 17.5 Å². The summed E-state index contributed by atoms with van der Waals surface area (Å²) in [4.78, 5) is 11.0. The van der Waals surface area contributed by atoms with Gasteiger partial charge in [0.15, 0.2) is 0 Å². The van der Waals surface area contributed by atoms with E-state index in [0.717, 1.165) is 21.4 Å². The van der Waals surface area contributed by atoms with E-state index in [4.69, 9.17) is 15.6 Å². The van der Waals surface area contributed by atoms with E-state index >= 15 is 0 Å². The molecule has 0 aliphatic rings. The highest BCUT2D eigenvalue weighted by Gasteiger charge is 2.17. The number of carboxylic acids is 1. The minimum Gasteiger partial charge on any atom is -0.495 e. The standard InChI is InChI=1S/C10H9NO3S/c1-14-6-4-2-3-5-7(11)9(10(12)13)15-8(5)6/h2-4H,11H2,1H3,(H,12,13). The lowest BCUT2D eigenvalue weighted by molar-refractivity contribution is 0.0703. The zero-order valence-corrected chi connectivity index (χ0v) is 8.80. The Hall–Kier alpha value is -1.75. The van der Waals surface area contributed by atoms with Gasteiger partial charge in [0, 0.05) is 5.39 Å². The predicted octanol–water partition coefficient (Wildman–Crippen LogP) is 2.19. The van der Waals surface area contributed by atoms with Crippen LogP contribution in [-0.2, 0) is 0 Å². The Morgan fingerprint density at radius 1 is 1.53 bits per heavy atom. The third-order valence-corrected chi connectivity index (χ3v) is 3.36. The Labute approximate surface area is 89.9 Å². The van der Waals surface area contributed by atoms with Crippen molar-refractivity contribution in [3.8, 4) is 5.75 Å². The molecule has 0 fully saturated rings. The number of aromatic carboxylic acids is 1. The molecule has 1 aromatic heterocycles. The van der Waals surface area contributed by atoms with Gasteiger partial charge in [-0.25, -0.2) is 4.79 Å². The van der Waals surface area contributed by atoms with Gasteiger partial charge >= 0.3 is 5.97 Å². The number of anilines is 1. The Kier molecular flexibility index (Phi) is 2.24. The summed E-state index contributed by atoms with van der Waals surface area (Å²) < 4.78 is 5.91. The number of nitrogens with two attached hydrogens (primary N) is 1. The van der Waals surface area contributed by atoms with Gasteiger partial charge in [0.2, 0.25) is 0 Å². The number of benzene rings is 1. The van der Waals surface area contributed by atoms with Crippen LogP contribution in [0.5, 0.6) is 5.75 Å². The molecule has 0 spiro atoms. The molecule has 0 aliphatic heterocycles. The number of carboxylic acid groups (broad SMARTS) is 1. The van der Waals surface area contributed by atoms with Gasteiger partial charge in [-0.1, -0.05) is 12.1 Å². The lowest BCUT2D eigenvalue weighted by atomic mass is 10.2. The normalized spacial score (nSPS) is 10.5. The second-order valence-electron chi connectivity index (χ2n) is 2.99. The van der Waals surface area contributed by atoms with Crippen LogP contribution in [0.1, 0.15) is 9.67 Å². The second kappa shape index (κ2) is 3.43. The van der Waals surface area contributed by atoms with Gasteiger partial charge < -0.3 is 15.6 Å². The van der Waals surface area contributed by atoms with E-state index in [1.54, 1.807) is 25.3 Å². The van der Waals surface area contributed by atoms with Gasteiger partial charge in [-0.05, 0) is 6.07 Å². The maximum Gasteiger partial charge on any atom is 0.348 e. The molecule has 0 amide bonds. The Bertz CT molecular complexity index is 533. The van der Waals surface area contributed by atoms with E-state index < -0.39 is 5.97 Å². The summed E-state index contributed by atoms with van der Waals surface area (Å²) in [5, 5.41) is 9.65. The number of fused-ring (bicyclic) bond motifs is 1. The average molecular weight is 223 g/mol. The van der Waals surface area contributed by atoms with Gasteiger partial charge in [-0.2, -0.15) is 0 Å². The van der Waals surface area contributed by atoms with E-state index in [0.29, 0.717) is 11.4 Å². The molecule has 1 aromatic carbocycles. The monoisotopic (exact) mass is 223 g/mol. The van der Waals surface area contributed by atoms with Crippen molar-refractivity contribution in [3.63, 3.8) is 0 Å². The fourth-order valence-corrected chi connectivity index (χ4v) is 2.48. The molecule has 5 heteroatoms. The lowest BCUT2D eigenvalue weighted by Gasteiger charge is -1.99. The summed E-state index contributed by atoms with van der Waals surface area (Å²) in [7, 11) is 1.55. The van der Waals surface area contributed by atoms with Crippen LogP contribution in [0.3, 0.4) is 0 Å². The molecule has 0 saturated carbocycles. The van der Waals surface area contributed by atoms with Crippen LogP contribution in [-0.4, -0.2) is 18.2 Å². The quantitative estimate of drug-likeness (QED) is 0.818. The van der Waals surface area contributed by atoms with Crippen molar-refractivity contribution < 1.29 is 14.6 Å².